The van der Waals surface area contributed by atoms with Crippen molar-refractivity contribution in [1.82, 2.24) is 35.2 Å². The number of carbonyl (C=O) groups excluding carboxylic acids is 1. The number of aliphatic imine (C=N–C) groups is 1. The fourth-order valence-electron chi connectivity index (χ4n) is 4.93. The lowest BCUT2D eigenvalue weighted by Gasteiger charge is -2.48. The summed E-state index contributed by atoms with van der Waals surface area (Å²) in [6.45, 7) is 6.97. The first-order chi connectivity index (χ1) is 15.5. The van der Waals surface area contributed by atoms with Crippen molar-refractivity contribution in [3.8, 4) is 0 Å². The highest BCUT2D eigenvalue weighted by atomic mass is 16.2. The zero-order valence-electron chi connectivity index (χ0n) is 20.3. The van der Waals surface area contributed by atoms with Gasteiger partial charge in [0.1, 0.15) is 18.7 Å². The number of nitrogens with one attached hydrogen (secondary N) is 2. The number of amides is 1. The number of aromatic nitrogens is 3. The fourth-order valence-corrected chi connectivity index (χ4v) is 4.93. The quantitative estimate of drug-likeness (QED) is 0.443. The number of carbonyl (C=O) groups is 1. The molecule has 0 unspecified atom stereocenters. The molecule has 1 amide bonds. The molecule has 32 heavy (non-hydrogen) atoms. The summed E-state index contributed by atoms with van der Waals surface area (Å²) in [6.07, 6.45) is 13.0. The minimum atomic E-state index is 0.00147. The van der Waals surface area contributed by atoms with Gasteiger partial charge in [-0.1, -0.05) is 32.6 Å². The van der Waals surface area contributed by atoms with Crippen LogP contribution in [0.3, 0.4) is 0 Å². The second-order valence-electron chi connectivity index (χ2n) is 9.36. The maximum atomic E-state index is 12.1. The zero-order chi connectivity index (χ0) is 22.8. The molecule has 2 N–H and O–H groups in total. The van der Waals surface area contributed by atoms with Crippen LogP contribution in [-0.4, -0.2) is 88.8 Å². The summed E-state index contributed by atoms with van der Waals surface area (Å²) in [5, 5.41) is 15.2. The topological polar surface area (TPSA) is 90.7 Å². The summed E-state index contributed by atoms with van der Waals surface area (Å²) in [5.74, 6) is 1.70. The molecule has 0 bridgehead atoms. The number of aryl methyl sites for hydroxylation is 1. The fraction of sp³-hybridized carbons (Fsp3) is 0.826. The van der Waals surface area contributed by atoms with E-state index in [0.29, 0.717) is 12.5 Å². The Morgan fingerprint density at radius 1 is 1.12 bits per heavy atom. The monoisotopic (exact) mass is 446 g/mol. The zero-order valence-corrected chi connectivity index (χ0v) is 20.3. The van der Waals surface area contributed by atoms with E-state index in [-0.39, 0.29) is 18.0 Å². The van der Waals surface area contributed by atoms with Crippen molar-refractivity contribution in [3.63, 3.8) is 0 Å². The van der Waals surface area contributed by atoms with Crippen LogP contribution < -0.4 is 10.6 Å². The van der Waals surface area contributed by atoms with E-state index >= 15 is 0 Å². The smallest absolute Gasteiger partial charge is 0.243 e. The van der Waals surface area contributed by atoms with Gasteiger partial charge in [0.25, 0.3) is 0 Å². The molecule has 1 aromatic heterocycles. The first kappa shape index (κ1) is 24.5. The minimum absolute atomic E-state index is 0.00147. The molecule has 1 aliphatic carbocycles. The van der Waals surface area contributed by atoms with Crippen LogP contribution in [0.4, 0.5) is 0 Å². The highest BCUT2D eigenvalue weighted by Gasteiger charge is 2.38. The molecule has 1 saturated heterocycles. The molecule has 0 aromatic carbocycles. The third-order valence-electron chi connectivity index (χ3n) is 6.92. The Bertz CT molecular complexity index is 732. The third-order valence-corrected chi connectivity index (χ3v) is 6.92. The molecule has 9 heteroatoms. The van der Waals surface area contributed by atoms with Gasteiger partial charge in [-0.05, 0) is 38.8 Å². The van der Waals surface area contributed by atoms with Gasteiger partial charge in [-0.25, -0.2) is 4.99 Å². The summed E-state index contributed by atoms with van der Waals surface area (Å²) >= 11 is 0. The van der Waals surface area contributed by atoms with Crippen LogP contribution in [0, 0.1) is 0 Å². The Hall–Kier alpha value is -2.16. The average Bonchev–Trinajstić information content (AvgIpc) is 3.29. The summed E-state index contributed by atoms with van der Waals surface area (Å²) < 4.78 is 2.06. The lowest BCUT2D eigenvalue weighted by molar-refractivity contribution is -0.127. The molecule has 1 aliphatic heterocycles. The van der Waals surface area contributed by atoms with Gasteiger partial charge in [0, 0.05) is 45.7 Å². The van der Waals surface area contributed by atoms with Crippen molar-refractivity contribution < 1.29 is 4.79 Å². The lowest BCUT2D eigenvalue weighted by Crippen LogP contribution is -2.59. The van der Waals surface area contributed by atoms with Crippen molar-refractivity contribution in [2.45, 2.75) is 76.8 Å². The van der Waals surface area contributed by atoms with Gasteiger partial charge in [0.15, 0.2) is 5.96 Å². The molecule has 3 rings (SSSR count). The van der Waals surface area contributed by atoms with Crippen LogP contribution in [0.5, 0.6) is 0 Å². The van der Waals surface area contributed by atoms with E-state index in [1.54, 1.807) is 25.3 Å². The maximum absolute atomic E-state index is 12.1. The largest absolute Gasteiger partial charge is 0.355 e. The van der Waals surface area contributed by atoms with E-state index in [4.69, 9.17) is 0 Å². The Morgan fingerprint density at radius 2 is 1.84 bits per heavy atom. The molecule has 0 radical (unpaired) electrons. The normalized spacial score (nSPS) is 19.5. The Balaban J connectivity index is 1.64. The van der Waals surface area contributed by atoms with Gasteiger partial charge in [0.05, 0.1) is 0 Å². The summed E-state index contributed by atoms with van der Waals surface area (Å²) in [5.41, 5.74) is 0.205. The van der Waals surface area contributed by atoms with E-state index in [2.05, 4.69) is 42.2 Å². The molecule has 0 spiro atoms. The van der Waals surface area contributed by atoms with Crippen LogP contribution in [0.1, 0.15) is 64.1 Å². The van der Waals surface area contributed by atoms with Crippen LogP contribution in [0.25, 0.3) is 0 Å². The second kappa shape index (κ2) is 12.2. The first-order valence-electron chi connectivity index (χ1n) is 12.4. The van der Waals surface area contributed by atoms with Crippen molar-refractivity contribution in [3.05, 3.63) is 12.2 Å². The predicted octanol–water partition coefficient (Wildman–Crippen LogP) is 1.65. The maximum Gasteiger partial charge on any atom is 0.243 e. The number of piperidine rings is 1. The summed E-state index contributed by atoms with van der Waals surface area (Å²) in [6, 6.07) is 0. The Kier molecular flexibility index (Phi) is 9.32. The second-order valence-corrected chi connectivity index (χ2v) is 9.36. The number of guanidine groups is 1. The third kappa shape index (κ3) is 6.67. The minimum Gasteiger partial charge on any atom is -0.355 e. The van der Waals surface area contributed by atoms with Crippen LogP contribution in [-0.2, 0) is 17.8 Å². The first-order valence-corrected chi connectivity index (χ1v) is 12.4. The van der Waals surface area contributed by atoms with E-state index in [9.17, 15) is 4.79 Å². The van der Waals surface area contributed by atoms with Crippen molar-refractivity contribution >= 4 is 11.9 Å². The van der Waals surface area contributed by atoms with Crippen LogP contribution in [0.2, 0.25) is 0 Å². The van der Waals surface area contributed by atoms with E-state index < -0.39 is 0 Å². The molecule has 2 aliphatic rings. The van der Waals surface area contributed by atoms with E-state index in [0.717, 1.165) is 25.3 Å². The summed E-state index contributed by atoms with van der Waals surface area (Å²) in [7, 11) is 3.54. The van der Waals surface area contributed by atoms with Crippen molar-refractivity contribution in [2.75, 3.05) is 46.8 Å². The van der Waals surface area contributed by atoms with Crippen molar-refractivity contribution in [1.29, 1.82) is 0 Å². The van der Waals surface area contributed by atoms with Gasteiger partial charge in [-0.3, -0.25) is 9.69 Å². The van der Waals surface area contributed by atoms with Crippen molar-refractivity contribution in [2.24, 2.45) is 4.99 Å². The standard InChI is InChI=1S/C23H42N8O/c1-4-20-28-27-19-30(20)16-13-24-22(25-17-21(32)29(2)3)26-18-23(11-7-5-8-12-23)31-14-9-6-10-15-31/h19H,4-18H2,1-3H3,(H2,24,25,26). The van der Waals surface area contributed by atoms with Gasteiger partial charge in [-0.15, -0.1) is 10.2 Å². The molecule has 180 valence electrons. The lowest BCUT2D eigenvalue weighted by atomic mass is 9.79. The van der Waals surface area contributed by atoms with Gasteiger partial charge < -0.3 is 20.1 Å². The average molecular weight is 447 g/mol. The molecule has 9 nitrogen and oxygen atoms in total. The number of nitrogens with zero attached hydrogens (tertiary/aromatic N) is 6. The number of rotatable bonds is 9. The van der Waals surface area contributed by atoms with Gasteiger partial charge in [0.2, 0.25) is 5.91 Å². The van der Waals surface area contributed by atoms with Crippen LogP contribution in [0.15, 0.2) is 11.3 Å². The van der Waals surface area contributed by atoms with E-state index in [1.165, 1.54) is 64.5 Å². The molecule has 2 heterocycles. The van der Waals surface area contributed by atoms with E-state index in [1.807, 2.05) is 0 Å². The number of hydrogen-bond acceptors (Lipinski definition) is 5. The molecule has 1 aromatic rings. The Morgan fingerprint density at radius 3 is 2.53 bits per heavy atom. The molecular weight excluding hydrogens is 404 g/mol. The predicted molar refractivity (Wildman–Crippen MR) is 128 cm³/mol. The number of likely N-dealkylation sites (N-methyl/N-ethyl adjacent to an activating group) is 1. The van der Waals surface area contributed by atoms with Gasteiger partial charge in [-0.2, -0.15) is 0 Å². The summed E-state index contributed by atoms with van der Waals surface area (Å²) in [4.78, 5) is 21.1. The Labute approximate surface area is 193 Å². The molecule has 1 saturated carbocycles. The van der Waals surface area contributed by atoms with Gasteiger partial charge >= 0.3 is 0 Å². The highest BCUT2D eigenvalue weighted by Crippen LogP contribution is 2.35. The molecular formula is C23H42N8O. The van der Waals surface area contributed by atoms with Crippen LogP contribution >= 0.6 is 0 Å². The number of likely N-dealkylation sites (tertiary alicyclic amines) is 1. The SMILES string of the molecule is CCc1nncn1CCNC(=NCC(=O)N(C)C)NCC1(N2CCCCC2)CCCCC1. The molecule has 2 fully saturated rings. The molecule has 0 atom stereocenters. The highest BCUT2D eigenvalue weighted by molar-refractivity contribution is 5.84. The number of hydrogen-bond donors (Lipinski definition) is 2.